The highest BCUT2D eigenvalue weighted by Crippen LogP contribution is 2.23. The molecule has 1 aromatic carbocycles. The standard InChI is InChI=1S/C13H14N6/c1-2-11-12(16-8-17-13(11)19-15)18-10-5-3-4-9(6-10)7-14/h3-6,8H,2,15H2,1H3,(H2,16,17,18,19). The Morgan fingerprint density at radius 2 is 2.11 bits per heavy atom. The lowest BCUT2D eigenvalue weighted by Crippen LogP contribution is -2.13. The molecule has 0 amide bonds. The van der Waals surface area contributed by atoms with Gasteiger partial charge in [0.1, 0.15) is 18.0 Å². The number of hydrogen-bond acceptors (Lipinski definition) is 6. The topological polar surface area (TPSA) is 99.7 Å². The fourth-order valence-corrected chi connectivity index (χ4v) is 1.78. The van der Waals surface area contributed by atoms with Gasteiger partial charge in [-0.15, -0.1) is 0 Å². The van der Waals surface area contributed by atoms with Gasteiger partial charge >= 0.3 is 0 Å². The monoisotopic (exact) mass is 254 g/mol. The Kier molecular flexibility index (Phi) is 3.90. The van der Waals surface area contributed by atoms with E-state index in [1.807, 2.05) is 19.1 Å². The zero-order valence-electron chi connectivity index (χ0n) is 10.5. The summed E-state index contributed by atoms with van der Waals surface area (Å²) >= 11 is 0. The summed E-state index contributed by atoms with van der Waals surface area (Å²) in [5.41, 5.74) is 4.84. The molecule has 0 fully saturated rings. The second-order valence-electron chi connectivity index (χ2n) is 3.86. The van der Waals surface area contributed by atoms with Gasteiger partial charge in [-0.25, -0.2) is 15.8 Å². The summed E-state index contributed by atoms with van der Waals surface area (Å²) in [7, 11) is 0. The average Bonchev–Trinajstić information content (AvgIpc) is 2.47. The van der Waals surface area contributed by atoms with Crippen LogP contribution in [-0.4, -0.2) is 9.97 Å². The van der Waals surface area contributed by atoms with E-state index in [-0.39, 0.29) is 0 Å². The third-order valence-corrected chi connectivity index (χ3v) is 2.69. The number of nitrogens with one attached hydrogen (secondary N) is 2. The Morgan fingerprint density at radius 1 is 1.32 bits per heavy atom. The maximum absolute atomic E-state index is 8.88. The van der Waals surface area contributed by atoms with Crippen molar-refractivity contribution in [2.75, 3.05) is 10.7 Å². The van der Waals surface area contributed by atoms with E-state index in [1.165, 1.54) is 6.33 Å². The highest BCUT2D eigenvalue weighted by atomic mass is 15.3. The molecule has 0 unspecified atom stereocenters. The molecule has 0 aliphatic heterocycles. The zero-order chi connectivity index (χ0) is 13.7. The molecule has 6 heteroatoms. The van der Waals surface area contributed by atoms with Gasteiger partial charge < -0.3 is 10.7 Å². The number of benzene rings is 1. The summed E-state index contributed by atoms with van der Waals surface area (Å²) in [6, 6.07) is 9.30. The van der Waals surface area contributed by atoms with Crippen LogP contribution in [0.5, 0.6) is 0 Å². The van der Waals surface area contributed by atoms with Crippen LogP contribution in [0.2, 0.25) is 0 Å². The third-order valence-electron chi connectivity index (χ3n) is 2.69. The van der Waals surface area contributed by atoms with Gasteiger partial charge in [0.2, 0.25) is 0 Å². The fourth-order valence-electron chi connectivity index (χ4n) is 1.78. The maximum Gasteiger partial charge on any atom is 0.148 e. The number of aromatic nitrogens is 2. The minimum Gasteiger partial charge on any atom is -0.340 e. The quantitative estimate of drug-likeness (QED) is 0.569. The Balaban J connectivity index is 2.35. The molecule has 0 aliphatic rings. The van der Waals surface area contributed by atoms with E-state index in [0.717, 1.165) is 17.7 Å². The predicted octanol–water partition coefficient (Wildman–Crippen LogP) is 1.94. The number of nitriles is 1. The molecule has 19 heavy (non-hydrogen) atoms. The molecule has 0 atom stereocenters. The molecule has 0 radical (unpaired) electrons. The number of rotatable bonds is 4. The van der Waals surface area contributed by atoms with Crippen LogP contribution in [0.4, 0.5) is 17.3 Å². The lowest BCUT2D eigenvalue weighted by molar-refractivity contribution is 1.04. The molecule has 1 heterocycles. The number of nitrogens with two attached hydrogens (primary N) is 1. The first kappa shape index (κ1) is 12.8. The van der Waals surface area contributed by atoms with Gasteiger partial charge in [0, 0.05) is 11.3 Å². The Morgan fingerprint density at radius 3 is 2.79 bits per heavy atom. The van der Waals surface area contributed by atoms with Crippen molar-refractivity contribution in [2.45, 2.75) is 13.3 Å². The van der Waals surface area contributed by atoms with E-state index in [2.05, 4.69) is 26.8 Å². The normalized spacial score (nSPS) is 9.74. The van der Waals surface area contributed by atoms with Crippen molar-refractivity contribution in [1.82, 2.24) is 9.97 Å². The van der Waals surface area contributed by atoms with Crippen LogP contribution in [0.15, 0.2) is 30.6 Å². The van der Waals surface area contributed by atoms with E-state index in [4.69, 9.17) is 11.1 Å². The summed E-state index contributed by atoms with van der Waals surface area (Å²) in [6.07, 6.45) is 2.17. The van der Waals surface area contributed by atoms with E-state index < -0.39 is 0 Å². The molecular formula is C13H14N6. The molecule has 0 bridgehead atoms. The molecule has 1 aromatic heterocycles. The Hall–Kier alpha value is -2.65. The van der Waals surface area contributed by atoms with Crippen molar-refractivity contribution < 1.29 is 0 Å². The van der Waals surface area contributed by atoms with E-state index in [0.29, 0.717) is 17.2 Å². The van der Waals surface area contributed by atoms with Crippen LogP contribution in [-0.2, 0) is 6.42 Å². The predicted molar refractivity (Wildman–Crippen MR) is 73.7 cm³/mol. The van der Waals surface area contributed by atoms with Gasteiger partial charge in [0.15, 0.2) is 0 Å². The molecule has 6 nitrogen and oxygen atoms in total. The van der Waals surface area contributed by atoms with Crippen molar-refractivity contribution in [1.29, 1.82) is 5.26 Å². The van der Waals surface area contributed by atoms with Gasteiger partial charge in [0.25, 0.3) is 0 Å². The number of anilines is 3. The van der Waals surface area contributed by atoms with Gasteiger partial charge in [-0.2, -0.15) is 5.26 Å². The van der Waals surface area contributed by atoms with Crippen molar-refractivity contribution in [2.24, 2.45) is 5.84 Å². The van der Waals surface area contributed by atoms with Crippen LogP contribution in [0, 0.1) is 11.3 Å². The first-order chi connectivity index (χ1) is 9.28. The zero-order valence-corrected chi connectivity index (χ0v) is 10.5. The highest BCUT2D eigenvalue weighted by Gasteiger charge is 2.09. The molecular weight excluding hydrogens is 240 g/mol. The highest BCUT2D eigenvalue weighted by molar-refractivity contribution is 5.65. The largest absolute Gasteiger partial charge is 0.340 e. The fraction of sp³-hybridized carbons (Fsp3) is 0.154. The number of nitrogens with zero attached hydrogens (tertiary/aromatic N) is 3. The molecule has 4 N–H and O–H groups in total. The van der Waals surface area contributed by atoms with Crippen LogP contribution >= 0.6 is 0 Å². The molecule has 0 spiro atoms. The minimum atomic E-state index is 0.592. The van der Waals surface area contributed by atoms with Crippen molar-refractivity contribution in [3.8, 4) is 6.07 Å². The number of hydrazine groups is 1. The second kappa shape index (κ2) is 5.80. The lowest BCUT2D eigenvalue weighted by atomic mass is 10.2. The van der Waals surface area contributed by atoms with E-state index in [9.17, 15) is 0 Å². The summed E-state index contributed by atoms with van der Waals surface area (Å²) < 4.78 is 0. The summed E-state index contributed by atoms with van der Waals surface area (Å²) in [5.74, 6) is 6.70. The van der Waals surface area contributed by atoms with Crippen LogP contribution in [0.25, 0.3) is 0 Å². The van der Waals surface area contributed by atoms with Gasteiger partial charge in [-0.05, 0) is 24.6 Å². The van der Waals surface area contributed by atoms with E-state index >= 15 is 0 Å². The first-order valence-corrected chi connectivity index (χ1v) is 5.86. The molecule has 96 valence electrons. The Bertz CT molecular complexity index is 617. The smallest absolute Gasteiger partial charge is 0.148 e. The molecule has 0 saturated carbocycles. The summed E-state index contributed by atoms with van der Waals surface area (Å²) in [5, 5.41) is 12.1. The number of hydrogen-bond donors (Lipinski definition) is 3. The average molecular weight is 254 g/mol. The summed E-state index contributed by atoms with van der Waals surface area (Å²) in [4.78, 5) is 8.27. The van der Waals surface area contributed by atoms with Crippen LogP contribution in [0.1, 0.15) is 18.1 Å². The van der Waals surface area contributed by atoms with Gasteiger partial charge in [0.05, 0.1) is 11.6 Å². The molecule has 0 saturated heterocycles. The SMILES string of the molecule is CCc1c(NN)ncnc1Nc1cccc(C#N)c1. The lowest BCUT2D eigenvalue weighted by Gasteiger charge is -2.12. The van der Waals surface area contributed by atoms with Crippen molar-refractivity contribution in [3.63, 3.8) is 0 Å². The first-order valence-electron chi connectivity index (χ1n) is 5.86. The molecule has 0 aliphatic carbocycles. The van der Waals surface area contributed by atoms with Crippen LogP contribution in [0.3, 0.4) is 0 Å². The van der Waals surface area contributed by atoms with Gasteiger partial charge in [-0.1, -0.05) is 13.0 Å². The van der Waals surface area contributed by atoms with Crippen molar-refractivity contribution >= 4 is 17.3 Å². The second-order valence-corrected chi connectivity index (χ2v) is 3.86. The van der Waals surface area contributed by atoms with E-state index in [1.54, 1.807) is 12.1 Å². The molecule has 2 rings (SSSR count). The maximum atomic E-state index is 8.88. The van der Waals surface area contributed by atoms with Crippen LogP contribution < -0.4 is 16.6 Å². The minimum absolute atomic E-state index is 0.592. The van der Waals surface area contributed by atoms with Gasteiger partial charge in [-0.3, -0.25) is 0 Å². The number of nitrogen functional groups attached to an aromatic ring is 1. The third kappa shape index (κ3) is 2.78. The summed E-state index contributed by atoms with van der Waals surface area (Å²) in [6.45, 7) is 2.00. The Labute approximate surface area is 111 Å². The van der Waals surface area contributed by atoms with Crippen molar-refractivity contribution in [3.05, 3.63) is 41.7 Å². The molecule has 2 aromatic rings.